The number of anilines is 2. The maximum absolute atomic E-state index is 12.6. The van der Waals surface area contributed by atoms with Crippen molar-refractivity contribution in [3.63, 3.8) is 0 Å². The fourth-order valence-corrected chi connectivity index (χ4v) is 2.18. The number of carbonyl (C=O) groups excluding carboxylic acids is 1. The van der Waals surface area contributed by atoms with Crippen LogP contribution in [0, 0.1) is 11.3 Å². The summed E-state index contributed by atoms with van der Waals surface area (Å²) in [6, 6.07) is 12.7. The number of hydrazine groups is 1. The molecule has 0 saturated heterocycles. The molecular weight excluding hydrogens is 361 g/mol. The molecule has 0 heterocycles. The van der Waals surface area contributed by atoms with Crippen LogP contribution >= 0.6 is 0 Å². The third-order valence-corrected chi connectivity index (χ3v) is 3.54. The largest absolute Gasteiger partial charge is 0.416 e. The van der Waals surface area contributed by atoms with Gasteiger partial charge >= 0.3 is 6.18 Å². The second kappa shape index (κ2) is 9.02. The number of para-hydroxylation sites is 1. The SMILES string of the molecule is N#CCCC(O)NNC(=O)c1ccccc1Nc1ccc(C(F)(F)F)cc1. The van der Waals surface area contributed by atoms with E-state index in [1.807, 2.05) is 6.07 Å². The summed E-state index contributed by atoms with van der Waals surface area (Å²) < 4.78 is 37.9. The topological polar surface area (TPSA) is 97.2 Å². The molecule has 0 bridgehead atoms. The van der Waals surface area contributed by atoms with Crippen molar-refractivity contribution < 1.29 is 23.1 Å². The Morgan fingerprint density at radius 3 is 2.44 bits per heavy atom. The standard InChI is InChI=1S/C18H17F3N4O2/c19-18(20,21)12-7-9-13(10-8-12)23-15-5-2-1-4-14(15)17(27)25-24-16(26)6-3-11-22/h1-2,4-5,7-10,16,23-24,26H,3,6H2,(H,25,27). The predicted octanol–water partition coefficient (Wildman–Crippen LogP) is 3.31. The van der Waals surface area contributed by atoms with Gasteiger partial charge in [0.15, 0.2) is 0 Å². The number of aliphatic hydroxyl groups is 1. The molecule has 0 saturated carbocycles. The normalized spacial score (nSPS) is 12.1. The first-order chi connectivity index (χ1) is 12.8. The van der Waals surface area contributed by atoms with Gasteiger partial charge in [-0.2, -0.15) is 18.4 Å². The van der Waals surface area contributed by atoms with Crippen molar-refractivity contribution in [3.8, 4) is 6.07 Å². The number of hydrogen-bond acceptors (Lipinski definition) is 5. The van der Waals surface area contributed by atoms with E-state index in [0.29, 0.717) is 11.4 Å². The Morgan fingerprint density at radius 2 is 1.81 bits per heavy atom. The number of halogens is 3. The Bertz CT molecular complexity index is 817. The minimum Gasteiger partial charge on any atom is -0.377 e. The van der Waals surface area contributed by atoms with E-state index in [1.165, 1.54) is 18.2 Å². The second-order valence-electron chi connectivity index (χ2n) is 5.56. The smallest absolute Gasteiger partial charge is 0.377 e. The number of rotatable bonds is 7. The molecule has 2 aromatic carbocycles. The summed E-state index contributed by atoms with van der Waals surface area (Å²) in [6.45, 7) is 0. The molecule has 0 aliphatic heterocycles. The van der Waals surface area contributed by atoms with Gasteiger partial charge in [-0.3, -0.25) is 10.2 Å². The van der Waals surface area contributed by atoms with Gasteiger partial charge < -0.3 is 10.4 Å². The van der Waals surface area contributed by atoms with E-state index in [9.17, 15) is 23.1 Å². The van der Waals surface area contributed by atoms with Crippen molar-refractivity contribution in [2.75, 3.05) is 5.32 Å². The molecule has 1 amide bonds. The van der Waals surface area contributed by atoms with E-state index in [4.69, 9.17) is 5.26 Å². The molecule has 0 radical (unpaired) electrons. The fourth-order valence-electron chi connectivity index (χ4n) is 2.18. The number of nitrogens with zero attached hydrogens (tertiary/aromatic N) is 1. The average Bonchev–Trinajstić information content (AvgIpc) is 2.64. The molecule has 2 aromatic rings. The molecule has 6 nitrogen and oxygen atoms in total. The molecule has 0 spiro atoms. The first kappa shape index (κ1) is 20.2. The van der Waals surface area contributed by atoms with Gasteiger partial charge in [-0.1, -0.05) is 12.1 Å². The van der Waals surface area contributed by atoms with Crippen LogP contribution in [0.5, 0.6) is 0 Å². The zero-order valence-corrected chi connectivity index (χ0v) is 14.0. The third kappa shape index (κ3) is 5.99. The molecule has 0 aliphatic carbocycles. The third-order valence-electron chi connectivity index (χ3n) is 3.54. The molecule has 2 rings (SSSR count). The summed E-state index contributed by atoms with van der Waals surface area (Å²) in [4.78, 5) is 12.3. The van der Waals surface area contributed by atoms with Crippen molar-refractivity contribution >= 4 is 17.3 Å². The maximum atomic E-state index is 12.6. The molecule has 4 N–H and O–H groups in total. The van der Waals surface area contributed by atoms with E-state index in [-0.39, 0.29) is 18.4 Å². The first-order valence-corrected chi connectivity index (χ1v) is 7.95. The van der Waals surface area contributed by atoms with Crippen molar-refractivity contribution in [2.24, 2.45) is 0 Å². The van der Waals surface area contributed by atoms with Crippen LogP contribution in [0.1, 0.15) is 28.8 Å². The van der Waals surface area contributed by atoms with Crippen LogP contribution in [0.4, 0.5) is 24.5 Å². The summed E-state index contributed by atoms with van der Waals surface area (Å²) in [5, 5.41) is 20.9. The molecule has 9 heteroatoms. The highest BCUT2D eigenvalue weighted by Gasteiger charge is 2.29. The van der Waals surface area contributed by atoms with Crippen LogP contribution in [0.15, 0.2) is 48.5 Å². The van der Waals surface area contributed by atoms with Crippen molar-refractivity contribution in [3.05, 3.63) is 59.7 Å². The van der Waals surface area contributed by atoms with E-state index in [0.717, 1.165) is 12.1 Å². The Morgan fingerprint density at radius 1 is 1.15 bits per heavy atom. The Balaban J connectivity index is 2.07. The number of aliphatic hydroxyl groups excluding tert-OH is 1. The van der Waals surface area contributed by atoms with Crippen LogP contribution in [-0.4, -0.2) is 17.2 Å². The number of alkyl halides is 3. The minimum atomic E-state index is -4.42. The van der Waals surface area contributed by atoms with Gasteiger partial charge in [-0.05, 0) is 36.4 Å². The zero-order chi connectivity index (χ0) is 19.9. The number of amides is 1. The number of carbonyl (C=O) groups is 1. The molecule has 142 valence electrons. The Kier molecular flexibility index (Phi) is 6.76. The lowest BCUT2D eigenvalue weighted by atomic mass is 10.1. The van der Waals surface area contributed by atoms with Crippen molar-refractivity contribution in [1.82, 2.24) is 10.9 Å². The Labute approximate surface area is 153 Å². The molecule has 1 unspecified atom stereocenters. The summed E-state index contributed by atoms with van der Waals surface area (Å²) in [6.07, 6.45) is -5.24. The number of nitrogens with one attached hydrogen (secondary N) is 3. The van der Waals surface area contributed by atoms with E-state index < -0.39 is 23.9 Å². The van der Waals surface area contributed by atoms with Gasteiger partial charge in [0.1, 0.15) is 6.23 Å². The summed E-state index contributed by atoms with van der Waals surface area (Å²) in [5.74, 6) is -0.555. The van der Waals surface area contributed by atoms with Gasteiger partial charge in [0, 0.05) is 18.5 Å². The lowest BCUT2D eigenvalue weighted by molar-refractivity contribution is -0.137. The average molecular weight is 378 g/mol. The Hall–Kier alpha value is -3.09. The van der Waals surface area contributed by atoms with Gasteiger partial charge in [0.25, 0.3) is 5.91 Å². The second-order valence-corrected chi connectivity index (χ2v) is 5.56. The number of nitriles is 1. The maximum Gasteiger partial charge on any atom is 0.416 e. The van der Waals surface area contributed by atoms with Crippen LogP contribution in [-0.2, 0) is 6.18 Å². The van der Waals surface area contributed by atoms with E-state index in [2.05, 4.69) is 16.2 Å². The molecule has 0 fully saturated rings. The highest BCUT2D eigenvalue weighted by Crippen LogP contribution is 2.30. The monoisotopic (exact) mass is 378 g/mol. The first-order valence-electron chi connectivity index (χ1n) is 7.95. The van der Waals surface area contributed by atoms with Gasteiger partial charge in [0.05, 0.1) is 22.9 Å². The highest BCUT2D eigenvalue weighted by molar-refractivity contribution is 6.00. The summed E-state index contributed by atoms with van der Waals surface area (Å²) in [5.41, 5.74) is 4.92. The molecule has 0 aromatic heterocycles. The van der Waals surface area contributed by atoms with E-state index >= 15 is 0 Å². The van der Waals surface area contributed by atoms with Crippen LogP contribution in [0.2, 0.25) is 0 Å². The molecular formula is C18H17F3N4O2. The van der Waals surface area contributed by atoms with Crippen LogP contribution in [0.3, 0.4) is 0 Å². The summed E-state index contributed by atoms with van der Waals surface area (Å²) in [7, 11) is 0. The van der Waals surface area contributed by atoms with Gasteiger partial charge in [-0.25, -0.2) is 5.43 Å². The molecule has 1 atom stereocenters. The van der Waals surface area contributed by atoms with Crippen LogP contribution in [0.25, 0.3) is 0 Å². The van der Waals surface area contributed by atoms with Gasteiger partial charge in [-0.15, -0.1) is 0 Å². The van der Waals surface area contributed by atoms with E-state index in [1.54, 1.807) is 18.2 Å². The summed E-state index contributed by atoms with van der Waals surface area (Å²) >= 11 is 0. The predicted molar refractivity (Wildman–Crippen MR) is 92.6 cm³/mol. The zero-order valence-electron chi connectivity index (χ0n) is 14.0. The number of hydrogen-bond donors (Lipinski definition) is 4. The number of benzene rings is 2. The van der Waals surface area contributed by atoms with Gasteiger partial charge in [0.2, 0.25) is 0 Å². The lowest BCUT2D eigenvalue weighted by Crippen LogP contribution is -2.44. The van der Waals surface area contributed by atoms with Crippen molar-refractivity contribution in [1.29, 1.82) is 5.26 Å². The quantitative estimate of drug-likeness (QED) is 0.438. The fraction of sp³-hybridized carbons (Fsp3) is 0.222. The van der Waals surface area contributed by atoms with Crippen LogP contribution < -0.4 is 16.2 Å². The lowest BCUT2D eigenvalue weighted by Gasteiger charge is -2.15. The highest BCUT2D eigenvalue weighted by atomic mass is 19.4. The minimum absolute atomic E-state index is 0.121. The molecule has 27 heavy (non-hydrogen) atoms. The van der Waals surface area contributed by atoms with Crippen molar-refractivity contribution in [2.45, 2.75) is 25.2 Å². The molecule has 0 aliphatic rings.